The topological polar surface area (TPSA) is 60.5 Å². The summed E-state index contributed by atoms with van der Waals surface area (Å²) in [4.78, 5) is 16.7. The number of rotatable bonds is 6. The van der Waals surface area contributed by atoms with Gasteiger partial charge in [0, 0.05) is 23.9 Å². The van der Waals surface area contributed by atoms with Crippen LogP contribution in [0.1, 0.15) is 12.8 Å². The third kappa shape index (κ3) is 4.11. The molecule has 134 valence electrons. The normalized spacial score (nSPS) is 12.9. The highest BCUT2D eigenvalue weighted by atomic mass is 32.2. The van der Waals surface area contributed by atoms with Gasteiger partial charge in [-0.2, -0.15) is 0 Å². The summed E-state index contributed by atoms with van der Waals surface area (Å²) in [6.45, 7) is 1.10. The summed E-state index contributed by atoms with van der Waals surface area (Å²) in [5.74, 6) is 2.28. The lowest BCUT2D eigenvalue weighted by Gasteiger charge is -2.19. The molecule has 2 heterocycles. The predicted molar refractivity (Wildman–Crippen MR) is 106 cm³/mol. The summed E-state index contributed by atoms with van der Waals surface area (Å²) in [6.07, 6.45) is 1.28. The first kappa shape index (κ1) is 17.2. The van der Waals surface area contributed by atoms with Crippen molar-refractivity contribution in [2.45, 2.75) is 17.2 Å². The van der Waals surface area contributed by atoms with Gasteiger partial charge in [-0.1, -0.05) is 23.9 Å². The molecule has 0 spiro atoms. The number of para-hydroxylation sites is 1. The molecular formula is C19H18N2O3S2. The van der Waals surface area contributed by atoms with E-state index in [0.29, 0.717) is 25.4 Å². The molecule has 2 aromatic carbocycles. The Morgan fingerprint density at radius 3 is 2.88 bits per heavy atom. The van der Waals surface area contributed by atoms with Crippen LogP contribution in [0.5, 0.6) is 11.5 Å². The molecule has 0 saturated heterocycles. The molecule has 0 aliphatic carbocycles. The number of hydrogen-bond donors (Lipinski definition) is 1. The Bertz CT molecular complexity index is 893. The van der Waals surface area contributed by atoms with Crippen LogP contribution in [0.4, 0.5) is 5.69 Å². The van der Waals surface area contributed by atoms with E-state index in [1.807, 2.05) is 36.4 Å². The maximum Gasteiger partial charge on any atom is 0.224 e. The molecule has 1 aliphatic rings. The summed E-state index contributed by atoms with van der Waals surface area (Å²) in [5.41, 5.74) is 1.77. The number of hydrogen-bond acceptors (Lipinski definition) is 6. The molecule has 0 saturated carbocycles. The first-order valence-electron chi connectivity index (χ1n) is 8.46. The van der Waals surface area contributed by atoms with Crippen molar-refractivity contribution in [2.24, 2.45) is 0 Å². The number of carbonyl (C=O) groups excluding carboxylic acids is 1. The quantitative estimate of drug-likeness (QED) is 0.496. The lowest BCUT2D eigenvalue weighted by atomic mass is 10.2. The summed E-state index contributed by atoms with van der Waals surface area (Å²) in [6, 6.07) is 13.6. The number of amides is 1. The fraction of sp³-hybridized carbons (Fsp3) is 0.263. The van der Waals surface area contributed by atoms with Crippen molar-refractivity contribution in [1.82, 2.24) is 4.98 Å². The van der Waals surface area contributed by atoms with Gasteiger partial charge in [0.25, 0.3) is 0 Å². The van der Waals surface area contributed by atoms with Gasteiger partial charge in [-0.05, 0) is 30.7 Å². The molecule has 0 atom stereocenters. The van der Waals surface area contributed by atoms with Gasteiger partial charge in [0.1, 0.15) is 13.2 Å². The van der Waals surface area contributed by atoms with Crippen molar-refractivity contribution in [3.05, 3.63) is 42.5 Å². The van der Waals surface area contributed by atoms with E-state index in [-0.39, 0.29) is 5.91 Å². The van der Waals surface area contributed by atoms with E-state index in [2.05, 4.69) is 16.4 Å². The van der Waals surface area contributed by atoms with Crippen LogP contribution >= 0.6 is 23.1 Å². The molecule has 1 N–H and O–H groups in total. The van der Waals surface area contributed by atoms with Gasteiger partial charge in [-0.15, -0.1) is 11.3 Å². The van der Waals surface area contributed by atoms with Crippen LogP contribution in [0, 0.1) is 0 Å². The molecule has 1 aromatic heterocycles. The number of benzene rings is 2. The van der Waals surface area contributed by atoms with Gasteiger partial charge in [0.15, 0.2) is 15.8 Å². The number of thioether (sulfide) groups is 1. The van der Waals surface area contributed by atoms with Crippen molar-refractivity contribution in [3.63, 3.8) is 0 Å². The maximum atomic E-state index is 12.1. The van der Waals surface area contributed by atoms with E-state index in [4.69, 9.17) is 9.47 Å². The van der Waals surface area contributed by atoms with E-state index in [1.54, 1.807) is 23.1 Å². The highest BCUT2D eigenvalue weighted by molar-refractivity contribution is 8.01. The Balaban J connectivity index is 1.24. The smallest absolute Gasteiger partial charge is 0.224 e. The number of anilines is 1. The minimum atomic E-state index is 0.00609. The summed E-state index contributed by atoms with van der Waals surface area (Å²) >= 11 is 3.40. The highest BCUT2D eigenvalue weighted by Gasteiger charge is 2.12. The van der Waals surface area contributed by atoms with Crippen molar-refractivity contribution >= 4 is 44.9 Å². The Morgan fingerprint density at radius 1 is 1.15 bits per heavy atom. The first-order chi connectivity index (χ1) is 12.8. The van der Waals surface area contributed by atoms with Crippen molar-refractivity contribution in [1.29, 1.82) is 0 Å². The molecule has 0 radical (unpaired) electrons. The predicted octanol–water partition coefficient (Wildman–Crippen LogP) is 4.58. The van der Waals surface area contributed by atoms with Crippen LogP contribution in [0.25, 0.3) is 10.2 Å². The molecular weight excluding hydrogens is 368 g/mol. The molecule has 5 nitrogen and oxygen atoms in total. The number of fused-ring (bicyclic) bond motifs is 2. The molecule has 26 heavy (non-hydrogen) atoms. The van der Waals surface area contributed by atoms with Gasteiger partial charge < -0.3 is 14.8 Å². The Morgan fingerprint density at radius 2 is 2.00 bits per heavy atom. The molecule has 3 aromatic rings. The van der Waals surface area contributed by atoms with Gasteiger partial charge >= 0.3 is 0 Å². The second kappa shape index (κ2) is 7.97. The second-order valence-corrected chi connectivity index (χ2v) is 8.18. The third-order valence-corrected chi connectivity index (χ3v) is 6.14. The minimum absolute atomic E-state index is 0.00609. The number of nitrogens with zero attached hydrogens (tertiary/aromatic N) is 1. The number of ether oxygens (including phenoxy) is 2. The fourth-order valence-corrected chi connectivity index (χ4v) is 4.73. The number of carbonyl (C=O) groups is 1. The zero-order chi connectivity index (χ0) is 17.8. The van der Waals surface area contributed by atoms with Crippen molar-refractivity contribution < 1.29 is 14.3 Å². The minimum Gasteiger partial charge on any atom is -0.486 e. The number of nitrogens with one attached hydrogen (secondary N) is 1. The summed E-state index contributed by atoms with van der Waals surface area (Å²) < 4.78 is 13.3. The van der Waals surface area contributed by atoms with Crippen LogP contribution in [0.15, 0.2) is 46.8 Å². The lowest BCUT2D eigenvalue weighted by Crippen LogP contribution is -2.16. The van der Waals surface area contributed by atoms with Gasteiger partial charge in [0.2, 0.25) is 5.91 Å². The molecule has 0 unspecified atom stereocenters. The van der Waals surface area contributed by atoms with Crippen LogP contribution < -0.4 is 14.8 Å². The lowest BCUT2D eigenvalue weighted by molar-refractivity contribution is -0.116. The Labute approximate surface area is 159 Å². The maximum absolute atomic E-state index is 12.1. The summed E-state index contributed by atoms with van der Waals surface area (Å²) in [7, 11) is 0. The number of aromatic nitrogens is 1. The standard InChI is InChI=1S/C19H18N2O3S2/c22-18(20-13-7-8-15-16(12-13)24-10-9-23-15)6-3-11-25-19-21-14-4-1-2-5-17(14)26-19/h1-2,4-5,7-8,12H,3,6,9-11H2,(H,20,22). The monoisotopic (exact) mass is 386 g/mol. The SMILES string of the molecule is O=C(CCCSc1nc2ccccc2s1)Nc1ccc2c(c1)OCCO2. The first-order valence-corrected chi connectivity index (χ1v) is 10.3. The van der Waals surface area contributed by atoms with Gasteiger partial charge in [0.05, 0.1) is 10.2 Å². The van der Waals surface area contributed by atoms with Gasteiger partial charge in [-0.25, -0.2) is 4.98 Å². The van der Waals surface area contributed by atoms with Crippen LogP contribution in [-0.4, -0.2) is 29.9 Å². The van der Waals surface area contributed by atoms with E-state index in [0.717, 1.165) is 33.5 Å². The molecule has 0 fully saturated rings. The average Bonchev–Trinajstić information content (AvgIpc) is 3.08. The number of thiazole rings is 1. The largest absolute Gasteiger partial charge is 0.486 e. The van der Waals surface area contributed by atoms with Crippen LogP contribution in [0.3, 0.4) is 0 Å². The molecule has 0 bridgehead atoms. The van der Waals surface area contributed by atoms with E-state index < -0.39 is 0 Å². The summed E-state index contributed by atoms with van der Waals surface area (Å²) in [5, 5.41) is 2.92. The molecule has 1 amide bonds. The average molecular weight is 386 g/mol. The highest BCUT2D eigenvalue weighted by Crippen LogP contribution is 2.33. The van der Waals surface area contributed by atoms with Crippen LogP contribution in [0.2, 0.25) is 0 Å². The zero-order valence-corrected chi connectivity index (χ0v) is 15.7. The van der Waals surface area contributed by atoms with E-state index in [1.165, 1.54) is 4.70 Å². The zero-order valence-electron chi connectivity index (χ0n) is 14.1. The third-order valence-electron chi connectivity index (χ3n) is 3.87. The second-order valence-electron chi connectivity index (χ2n) is 5.81. The molecule has 1 aliphatic heterocycles. The Kier molecular flexibility index (Phi) is 5.26. The van der Waals surface area contributed by atoms with Crippen LogP contribution in [-0.2, 0) is 4.79 Å². The van der Waals surface area contributed by atoms with Crippen molar-refractivity contribution in [2.75, 3.05) is 24.3 Å². The van der Waals surface area contributed by atoms with E-state index >= 15 is 0 Å². The van der Waals surface area contributed by atoms with E-state index in [9.17, 15) is 4.79 Å². The van der Waals surface area contributed by atoms with Crippen molar-refractivity contribution in [3.8, 4) is 11.5 Å². The molecule has 7 heteroatoms. The molecule has 4 rings (SSSR count). The Hall–Kier alpha value is -2.25. The van der Waals surface area contributed by atoms with Gasteiger partial charge in [-0.3, -0.25) is 4.79 Å². The fourth-order valence-electron chi connectivity index (χ4n) is 2.65.